The first-order chi connectivity index (χ1) is 12.0. The summed E-state index contributed by atoms with van der Waals surface area (Å²) in [5.41, 5.74) is 1.93. The summed E-state index contributed by atoms with van der Waals surface area (Å²) in [6, 6.07) is 7.03. The summed E-state index contributed by atoms with van der Waals surface area (Å²) in [7, 11) is 1.79. The van der Waals surface area contributed by atoms with Gasteiger partial charge in [0.05, 0.1) is 11.8 Å². The molecule has 3 rings (SSSR count). The molecule has 1 aromatic heterocycles. The van der Waals surface area contributed by atoms with Gasteiger partial charge in [-0.2, -0.15) is 5.10 Å². The molecule has 0 spiro atoms. The van der Waals surface area contributed by atoms with Crippen LogP contribution in [0.15, 0.2) is 30.5 Å². The van der Waals surface area contributed by atoms with Crippen molar-refractivity contribution in [1.82, 2.24) is 14.7 Å². The maximum atomic E-state index is 12.3. The standard InChI is InChI=1S/C18H22N4O3/c1-13-16(11-19-21(13)2)18(24)20-14-6-5-7-15(10-14)25-12-17(23)22-8-3-4-9-22/h5-7,10-11H,3-4,8-9,12H2,1-2H3,(H,20,24). The van der Waals surface area contributed by atoms with E-state index in [0.717, 1.165) is 31.6 Å². The summed E-state index contributed by atoms with van der Waals surface area (Å²) in [5, 5.41) is 6.90. The van der Waals surface area contributed by atoms with Crippen LogP contribution in [0.5, 0.6) is 5.75 Å². The summed E-state index contributed by atoms with van der Waals surface area (Å²) in [5.74, 6) is 0.321. The lowest BCUT2D eigenvalue weighted by Gasteiger charge is -2.15. The van der Waals surface area contributed by atoms with Crippen LogP contribution in [0.25, 0.3) is 0 Å². The highest BCUT2D eigenvalue weighted by atomic mass is 16.5. The Morgan fingerprint density at radius 2 is 2.04 bits per heavy atom. The number of aromatic nitrogens is 2. The van der Waals surface area contributed by atoms with E-state index in [0.29, 0.717) is 17.0 Å². The summed E-state index contributed by atoms with van der Waals surface area (Å²) < 4.78 is 7.23. The van der Waals surface area contributed by atoms with Crippen LogP contribution in [0.2, 0.25) is 0 Å². The first-order valence-corrected chi connectivity index (χ1v) is 8.35. The lowest BCUT2D eigenvalue weighted by atomic mass is 10.2. The first-order valence-electron chi connectivity index (χ1n) is 8.35. The van der Waals surface area contributed by atoms with Crippen LogP contribution in [0.4, 0.5) is 5.69 Å². The fourth-order valence-electron chi connectivity index (χ4n) is 2.79. The topological polar surface area (TPSA) is 76.5 Å². The summed E-state index contributed by atoms with van der Waals surface area (Å²) in [6.45, 7) is 3.47. The Balaban J connectivity index is 1.60. The van der Waals surface area contributed by atoms with E-state index >= 15 is 0 Å². The fraction of sp³-hybridized carbons (Fsp3) is 0.389. The van der Waals surface area contributed by atoms with Crippen LogP contribution < -0.4 is 10.1 Å². The number of ether oxygens (including phenoxy) is 1. The van der Waals surface area contributed by atoms with E-state index < -0.39 is 0 Å². The second-order valence-corrected chi connectivity index (χ2v) is 6.13. The number of nitrogens with zero attached hydrogens (tertiary/aromatic N) is 3. The molecular formula is C18H22N4O3. The Morgan fingerprint density at radius 1 is 1.28 bits per heavy atom. The Morgan fingerprint density at radius 3 is 2.72 bits per heavy atom. The van der Waals surface area contributed by atoms with Gasteiger partial charge in [0.2, 0.25) is 0 Å². The molecule has 0 atom stereocenters. The zero-order valence-corrected chi connectivity index (χ0v) is 14.5. The van der Waals surface area contributed by atoms with Gasteiger partial charge < -0.3 is 15.0 Å². The Bertz CT molecular complexity index is 778. The number of hydrogen-bond donors (Lipinski definition) is 1. The lowest BCUT2D eigenvalue weighted by molar-refractivity contribution is -0.132. The van der Waals surface area contributed by atoms with Crippen molar-refractivity contribution in [2.24, 2.45) is 7.05 Å². The Hall–Kier alpha value is -2.83. The van der Waals surface area contributed by atoms with Gasteiger partial charge in [0.15, 0.2) is 6.61 Å². The van der Waals surface area contributed by atoms with E-state index in [1.807, 2.05) is 11.8 Å². The third-order valence-corrected chi connectivity index (χ3v) is 4.39. The van der Waals surface area contributed by atoms with Crippen molar-refractivity contribution >= 4 is 17.5 Å². The minimum absolute atomic E-state index is 0.00192. The number of benzene rings is 1. The van der Waals surface area contributed by atoms with E-state index in [1.165, 1.54) is 0 Å². The van der Waals surface area contributed by atoms with Gasteiger partial charge in [-0.1, -0.05) is 6.07 Å². The number of aryl methyl sites for hydroxylation is 1. The highest BCUT2D eigenvalue weighted by Crippen LogP contribution is 2.19. The molecule has 0 saturated carbocycles. The monoisotopic (exact) mass is 342 g/mol. The Labute approximate surface area is 146 Å². The smallest absolute Gasteiger partial charge is 0.260 e. The first kappa shape index (κ1) is 17.0. The number of anilines is 1. The summed E-state index contributed by atoms with van der Waals surface area (Å²) in [6.07, 6.45) is 3.65. The van der Waals surface area contributed by atoms with Gasteiger partial charge in [0.1, 0.15) is 5.75 Å². The van der Waals surface area contributed by atoms with Crippen molar-refractivity contribution in [2.75, 3.05) is 25.0 Å². The maximum Gasteiger partial charge on any atom is 0.260 e. The van der Waals surface area contributed by atoms with Gasteiger partial charge >= 0.3 is 0 Å². The van der Waals surface area contributed by atoms with Gasteiger partial charge in [-0.05, 0) is 31.9 Å². The van der Waals surface area contributed by atoms with Crippen LogP contribution in [0.3, 0.4) is 0 Å². The van der Waals surface area contributed by atoms with Crippen molar-refractivity contribution in [3.8, 4) is 5.75 Å². The molecule has 0 radical (unpaired) electrons. The molecule has 2 heterocycles. The van der Waals surface area contributed by atoms with E-state index in [9.17, 15) is 9.59 Å². The van der Waals surface area contributed by atoms with E-state index in [1.54, 1.807) is 42.2 Å². The number of carbonyl (C=O) groups excluding carboxylic acids is 2. The number of rotatable bonds is 5. The molecular weight excluding hydrogens is 320 g/mol. The number of likely N-dealkylation sites (tertiary alicyclic amines) is 1. The second-order valence-electron chi connectivity index (χ2n) is 6.13. The van der Waals surface area contributed by atoms with Crippen molar-refractivity contribution in [3.63, 3.8) is 0 Å². The molecule has 1 aliphatic rings. The third-order valence-electron chi connectivity index (χ3n) is 4.39. The molecule has 2 aromatic rings. The highest BCUT2D eigenvalue weighted by molar-refractivity contribution is 6.04. The minimum Gasteiger partial charge on any atom is -0.484 e. The second kappa shape index (κ2) is 7.38. The average molecular weight is 342 g/mol. The third kappa shape index (κ3) is 3.99. The predicted molar refractivity (Wildman–Crippen MR) is 93.6 cm³/mol. The molecule has 0 bridgehead atoms. The average Bonchev–Trinajstić information content (AvgIpc) is 3.24. The fourth-order valence-corrected chi connectivity index (χ4v) is 2.79. The predicted octanol–water partition coefficient (Wildman–Crippen LogP) is 1.98. The quantitative estimate of drug-likeness (QED) is 0.901. The molecule has 25 heavy (non-hydrogen) atoms. The molecule has 132 valence electrons. The van der Waals surface area contributed by atoms with Gasteiger partial charge in [0.25, 0.3) is 11.8 Å². The van der Waals surface area contributed by atoms with E-state index in [2.05, 4.69) is 10.4 Å². The Kier molecular flexibility index (Phi) is 5.02. The van der Waals surface area contributed by atoms with Crippen LogP contribution in [0.1, 0.15) is 28.9 Å². The van der Waals surface area contributed by atoms with Crippen LogP contribution in [-0.2, 0) is 11.8 Å². The number of nitrogens with one attached hydrogen (secondary N) is 1. The molecule has 7 heteroatoms. The van der Waals surface area contributed by atoms with Crippen molar-refractivity contribution in [2.45, 2.75) is 19.8 Å². The van der Waals surface area contributed by atoms with Crippen molar-refractivity contribution in [3.05, 3.63) is 41.7 Å². The molecule has 7 nitrogen and oxygen atoms in total. The largest absolute Gasteiger partial charge is 0.484 e. The minimum atomic E-state index is -0.226. The lowest BCUT2D eigenvalue weighted by Crippen LogP contribution is -2.32. The number of amides is 2. The van der Waals surface area contributed by atoms with Crippen LogP contribution in [-0.4, -0.2) is 46.2 Å². The van der Waals surface area contributed by atoms with Crippen LogP contribution >= 0.6 is 0 Å². The number of hydrogen-bond acceptors (Lipinski definition) is 4. The summed E-state index contributed by atoms with van der Waals surface area (Å²) in [4.78, 5) is 26.2. The zero-order chi connectivity index (χ0) is 17.8. The molecule has 1 saturated heterocycles. The molecule has 2 amide bonds. The van der Waals surface area contributed by atoms with Crippen molar-refractivity contribution < 1.29 is 14.3 Å². The van der Waals surface area contributed by atoms with Crippen molar-refractivity contribution in [1.29, 1.82) is 0 Å². The van der Waals surface area contributed by atoms with E-state index in [4.69, 9.17) is 4.74 Å². The molecule has 0 unspecified atom stereocenters. The SMILES string of the molecule is Cc1c(C(=O)Nc2cccc(OCC(=O)N3CCCC3)c2)cnn1C. The van der Waals surface area contributed by atoms with Gasteiger partial charge in [-0.15, -0.1) is 0 Å². The molecule has 1 aliphatic heterocycles. The molecule has 1 aromatic carbocycles. The maximum absolute atomic E-state index is 12.3. The highest BCUT2D eigenvalue weighted by Gasteiger charge is 2.18. The normalized spacial score (nSPS) is 13.8. The van der Waals surface area contributed by atoms with E-state index in [-0.39, 0.29) is 18.4 Å². The molecule has 1 N–H and O–H groups in total. The zero-order valence-electron chi connectivity index (χ0n) is 14.5. The molecule has 0 aliphatic carbocycles. The molecule has 1 fully saturated rings. The van der Waals surface area contributed by atoms with Crippen LogP contribution in [0, 0.1) is 6.92 Å². The summed E-state index contributed by atoms with van der Waals surface area (Å²) >= 11 is 0. The van der Waals surface area contributed by atoms with Gasteiger partial charge in [-0.3, -0.25) is 14.3 Å². The number of carbonyl (C=O) groups is 2. The van der Waals surface area contributed by atoms with Gasteiger partial charge in [0, 0.05) is 37.6 Å². The van der Waals surface area contributed by atoms with Gasteiger partial charge in [-0.25, -0.2) is 0 Å².